The van der Waals surface area contributed by atoms with E-state index in [4.69, 9.17) is 6.58 Å². The summed E-state index contributed by atoms with van der Waals surface area (Å²) in [5, 5.41) is 0. The molecule has 0 aromatic heterocycles. The minimum Gasteiger partial charge on any atom is -0.0623 e. The third-order valence-electron chi connectivity index (χ3n) is 1.48. The van der Waals surface area contributed by atoms with Gasteiger partial charge >= 0.3 is 0 Å². The SMILES string of the molecule is [CH]=C/C=C/c1ccc(C)cc1. The van der Waals surface area contributed by atoms with Crippen LogP contribution < -0.4 is 0 Å². The summed E-state index contributed by atoms with van der Waals surface area (Å²) in [6.07, 6.45) is 5.32. The van der Waals surface area contributed by atoms with E-state index in [0.717, 1.165) is 0 Å². The van der Waals surface area contributed by atoms with Crippen LogP contribution in [0.3, 0.4) is 0 Å². The lowest BCUT2D eigenvalue weighted by molar-refractivity contribution is 1.46. The Hall–Kier alpha value is -1.30. The maximum Gasteiger partial charge on any atom is -0.0256 e. The Bertz CT molecular complexity index is 252. The summed E-state index contributed by atoms with van der Waals surface area (Å²) >= 11 is 0. The molecule has 0 N–H and O–H groups in total. The molecule has 0 heteroatoms. The quantitative estimate of drug-likeness (QED) is 0.558. The Balaban J connectivity index is 2.81. The molecule has 0 aliphatic heterocycles. The van der Waals surface area contributed by atoms with Crippen LogP contribution in [-0.4, -0.2) is 0 Å². The molecule has 0 fully saturated rings. The molecule has 55 valence electrons. The third kappa shape index (κ3) is 2.42. The summed E-state index contributed by atoms with van der Waals surface area (Å²) < 4.78 is 0. The van der Waals surface area contributed by atoms with E-state index in [1.807, 2.05) is 12.2 Å². The van der Waals surface area contributed by atoms with Crippen molar-refractivity contribution in [1.29, 1.82) is 0 Å². The molecule has 0 aliphatic rings. The molecule has 0 atom stereocenters. The summed E-state index contributed by atoms with van der Waals surface area (Å²) in [5.74, 6) is 0. The van der Waals surface area contributed by atoms with Gasteiger partial charge in [-0.15, -0.1) is 0 Å². The Labute approximate surface area is 67.9 Å². The summed E-state index contributed by atoms with van der Waals surface area (Å²) in [5.41, 5.74) is 2.45. The zero-order chi connectivity index (χ0) is 8.10. The van der Waals surface area contributed by atoms with E-state index >= 15 is 0 Å². The van der Waals surface area contributed by atoms with E-state index in [1.54, 1.807) is 0 Å². The van der Waals surface area contributed by atoms with Crippen molar-refractivity contribution < 1.29 is 0 Å². The molecule has 0 saturated heterocycles. The first-order valence-corrected chi connectivity index (χ1v) is 3.61. The highest BCUT2D eigenvalue weighted by atomic mass is 13.9. The Kier molecular flexibility index (Phi) is 2.67. The number of hydrogen-bond acceptors (Lipinski definition) is 0. The fourth-order valence-electron chi connectivity index (χ4n) is 0.844. The van der Waals surface area contributed by atoms with Crippen molar-refractivity contribution in [2.24, 2.45) is 0 Å². The largest absolute Gasteiger partial charge is 0.0623 e. The lowest BCUT2D eigenvalue weighted by Crippen LogP contribution is -1.72. The molecule has 0 amide bonds. The zero-order valence-electron chi connectivity index (χ0n) is 6.62. The summed E-state index contributed by atoms with van der Waals surface area (Å²) in [6.45, 7) is 7.27. The molecule has 1 radical (unpaired) electrons. The van der Waals surface area contributed by atoms with Gasteiger partial charge in [0.05, 0.1) is 0 Å². The molecular formula is C11H11. The molecule has 0 aliphatic carbocycles. The number of allylic oxidation sites excluding steroid dienone is 2. The van der Waals surface area contributed by atoms with Crippen LogP contribution >= 0.6 is 0 Å². The predicted molar refractivity (Wildman–Crippen MR) is 49.1 cm³/mol. The third-order valence-corrected chi connectivity index (χ3v) is 1.48. The summed E-state index contributed by atoms with van der Waals surface area (Å²) in [4.78, 5) is 0. The van der Waals surface area contributed by atoms with E-state index in [9.17, 15) is 0 Å². The van der Waals surface area contributed by atoms with E-state index in [0.29, 0.717) is 0 Å². The van der Waals surface area contributed by atoms with Crippen molar-refractivity contribution >= 4 is 6.08 Å². The predicted octanol–water partition coefficient (Wildman–Crippen LogP) is 3.00. The van der Waals surface area contributed by atoms with Crippen molar-refractivity contribution in [2.75, 3.05) is 0 Å². The van der Waals surface area contributed by atoms with Gasteiger partial charge in [-0.3, -0.25) is 0 Å². The van der Waals surface area contributed by atoms with Gasteiger partial charge in [0.15, 0.2) is 0 Å². The second-order valence-corrected chi connectivity index (χ2v) is 2.46. The van der Waals surface area contributed by atoms with E-state index in [2.05, 4.69) is 31.2 Å². The molecular weight excluding hydrogens is 132 g/mol. The van der Waals surface area contributed by atoms with Crippen molar-refractivity contribution in [3.8, 4) is 0 Å². The average molecular weight is 143 g/mol. The minimum absolute atomic E-state index is 1.18. The Morgan fingerprint density at radius 1 is 1.18 bits per heavy atom. The highest BCUT2D eigenvalue weighted by Gasteiger charge is 1.83. The van der Waals surface area contributed by atoms with Gasteiger partial charge in [0.1, 0.15) is 0 Å². The number of aryl methyl sites for hydroxylation is 1. The first kappa shape index (κ1) is 7.80. The maximum atomic E-state index is 5.19. The standard InChI is InChI=1S/C11H11/c1-3-4-5-11-8-6-10(2)7-9-11/h1,3-9H,2H3/b3-1?,5-4+. The van der Waals surface area contributed by atoms with Crippen LogP contribution in [0.2, 0.25) is 0 Å². The van der Waals surface area contributed by atoms with Crippen LogP contribution in [0, 0.1) is 13.5 Å². The molecule has 0 unspecified atom stereocenters. The van der Waals surface area contributed by atoms with Crippen LogP contribution in [0.25, 0.3) is 6.08 Å². The highest BCUT2D eigenvalue weighted by molar-refractivity contribution is 5.50. The van der Waals surface area contributed by atoms with Gasteiger partial charge in [0.2, 0.25) is 0 Å². The van der Waals surface area contributed by atoms with E-state index < -0.39 is 0 Å². The van der Waals surface area contributed by atoms with Crippen LogP contribution in [-0.2, 0) is 0 Å². The molecule has 0 heterocycles. The van der Waals surface area contributed by atoms with E-state index in [1.165, 1.54) is 17.2 Å². The second-order valence-electron chi connectivity index (χ2n) is 2.46. The fourth-order valence-corrected chi connectivity index (χ4v) is 0.844. The molecule has 0 spiro atoms. The molecule has 1 aromatic rings. The minimum atomic E-state index is 1.18. The summed E-state index contributed by atoms with van der Waals surface area (Å²) in [6, 6.07) is 8.29. The maximum absolute atomic E-state index is 5.19. The van der Waals surface area contributed by atoms with Gasteiger partial charge in [-0.1, -0.05) is 54.6 Å². The number of rotatable bonds is 2. The molecule has 0 saturated carbocycles. The van der Waals surface area contributed by atoms with E-state index in [-0.39, 0.29) is 0 Å². The topological polar surface area (TPSA) is 0 Å². The fraction of sp³-hybridized carbons (Fsp3) is 0.0909. The van der Waals surface area contributed by atoms with Gasteiger partial charge in [0.25, 0.3) is 0 Å². The lowest BCUT2D eigenvalue weighted by atomic mass is 10.1. The molecule has 1 rings (SSSR count). The lowest BCUT2D eigenvalue weighted by Gasteiger charge is -1.92. The normalized spacial score (nSPS) is 10.3. The van der Waals surface area contributed by atoms with Crippen LogP contribution in [0.4, 0.5) is 0 Å². The number of benzene rings is 1. The first-order valence-electron chi connectivity index (χ1n) is 3.61. The summed E-state index contributed by atoms with van der Waals surface area (Å²) in [7, 11) is 0. The molecule has 1 aromatic carbocycles. The van der Waals surface area contributed by atoms with Crippen LogP contribution in [0.1, 0.15) is 11.1 Å². The zero-order valence-corrected chi connectivity index (χ0v) is 6.62. The van der Waals surface area contributed by atoms with Gasteiger partial charge < -0.3 is 0 Å². The van der Waals surface area contributed by atoms with Crippen molar-refractivity contribution in [2.45, 2.75) is 6.92 Å². The van der Waals surface area contributed by atoms with Crippen LogP contribution in [0.15, 0.2) is 36.4 Å². The van der Waals surface area contributed by atoms with Gasteiger partial charge in [-0.05, 0) is 12.5 Å². The molecule has 0 nitrogen and oxygen atoms in total. The first-order chi connectivity index (χ1) is 5.33. The van der Waals surface area contributed by atoms with Gasteiger partial charge in [0, 0.05) is 0 Å². The van der Waals surface area contributed by atoms with Crippen molar-refractivity contribution in [3.63, 3.8) is 0 Å². The Morgan fingerprint density at radius 2 is 1.82 bits per heavy atom. The highest BCUT2D eigenvalue weighted by Crippen LogP contribution is 2.04. The second kappa shape index (κ2) is 3.77. The Morgan fingerprint density at radius 3 is 2.36 bits per heavy atom. The van der Waals surface area contributed by atoms with Gasteiger partial charge in [-0.25, -0.2) is 0 Å². The number of hydrogen-bond donors (Lipinski definition) is 0. The van der Waals surface area contributed by atoms with Crippen LogP contribution in [0.5, 0.6) is 0 Å². The molecule has 0 bridgehead atoms. The average Bonchev–Trinajstić information content (AvgIpc) is 2.04. The molecule has 11 heavy (non-hydrogen) atoms. The monoisotopic (exact) mass is 143 g/mol. The smallest absolute Gasteiger partial charge is 0.0256 e. The van der Waals surface area contributed by atoms with Crippen molar-refractivity contribution in [3.05, 3.63) is 54.1 Å². The van der Waals surface area contributed by atoms with Crippen molar-refractivity contribution in [1.82, 2.24) is 0 Å². The van der Waals surface area contributed by atoms with Gasteiger partial charge in [-0.2, -0.15) is 0 Å².